The quantitative estimate of drug-likeness (QED) is 0.312. The minimum atomic E-state index is -1.50. The lowest BCUT2D eigenvalue weighted by atomic mass is 9.45. The number of allylic oxidation sites excluding steroid dienone is 1. The third-order valence-corrected chi connectivity index (χ3v) is 12.6. The summed E-state index contributed by atoms with van der Waals surface area (Å²) in [5.74, 6) is -0.0884. The molecular formula is C34H35FN4O3S. The molecule has 3 aromatic heterocycles. The molecule has 0 spiro atoms. The Morgan fingerprint density at radius 1 is 1.19 bits per heavy atom. The number of thiazole rings is 1. The largest absolute Gasteiger partial charge is 0.393 e. The van der Waals surface area contributed by atoms with Gasteiger partial charge in [-0.05, 0) is 110 Å². The Kier molecular flexibility index (Phi) is 5.94. The van der Waals surface area contributed by atoms with Crippen molar-refractivity contribution in [1.29, 1.82) is 0 Å². The zero-order chi connectivity index (χ0) is 29.7. The molecule has 5 unspecified atom stereocenters. The summed E-state index contributed by atoms with van der Waals surface area (Å²) in [6.07, 6.45) is 9.48. The highest BCUT2D eigenvalue weighted by molar-refractivity contribution is 7.18. The smallest absolute Gasteiger partial charge is 0.171 e. The maximum Gasteiger partial charge on any atom is 0.171 e. The number of hydrogen-bond donors (Lipinski definition) is 2. The Balaban J connectivity index is 1.08. The Morgan fingerprint density at radius 3 is 2.79 bits per heavy atom. The number of benzene rings is 1. The van der Waals surface area contributed by atoms with E-state index in [9.17, 15) is 19.4 Å². The van der Waals surface area contributed by atoms with Crippen molar-refractivity contribution in [3.05, 3.63) is 76.4 Å². The molecule has 0 radical (unpaired) electrons. The Labute approximate surface area is 253 Å². The van der Waals surface area contributed by atoms with E-state index in [1.807, 2.05) is 29.9 Å². The van der Waals surface area contributed by atoms with Gasteiger partial charge in [-0.3, -0.25) is 4.79 Å². The molecule has 0 aliphatic heterocycles. The van der Waals surface area contributed by atoms with Gasteiger partial charge in [0.1, 0.15) is 26.8 Å². The number of carbonyl (C=O) groups is 1. The van der Waals surface area contributed by atoms with Gasteiger partial charge in [0, 0.05) is 11.6 Å². The molecule has 9 heteroatoms. The highest BCUT2D eigenvalue weighted by Gasteiger charge is 2.68. The number of fused-ring (bicyclic) bond motifs is 7. The molecule has 3 heterocycles. The van der Waals surface area contributed by atoms with E-state index in [-0.39, 0.29) is 41.2 Å². The van der Waals surface area contributed by atoms with E-state index in [2.05, 4.69) is 28.1 Å². The van der Waals surface area contributed by atoms with Gasteiger partial charge in [0.25, 0.3) is 0 Å². The fraction of sp³-hybridized carbons (Fsp3) is 0.471. The monoisotopic (exact) mass is 598 g/mol. The predicted molar refractivity (Wildman–Crippen MR) is 162 cm³/mol. The van der Waals surface area contributed by atoms with Crippen molar-refractivity contribution in [2.45, 2.75) is 70.5 Å². The summed E-state index contributed by atoms with van der Waals surface area (Å²) in [5.41, 5.74) is 2.62. The Bertz CT molecular complexity index is 1770. The van der Waals surface area contributed by atoms with Crippen LogP contribution in [-0.4, -0.2) is 47.4 Å². The van der Waals surface area contributed by atoms with E-state index in [1.54, 1.807) is 18.3 Å². The Hall–Kier alpha value is -3.27. The molecule has 43 heavy (non-hydrogen) atoms. The maximum absolute atomic E-state index is 13.9. The van der Waals surface area contributed by atoms with Crippen LogP contribution < -0.4 is 0 Å². The molecule has 4 aliphatic carbocycles. The van der Waals surface area contributed by atoms with Crippen LogP contribution in [-0.2, 0) is 17.6 Å². The van der Waals surface area contributed by atoms with Crippen molar-refractivity contribution in [1.82, 2.24) is 19.7 Å². The second-order valence-electron chi connectivity index (χ2n) is 13.7. The van der Waals surface area contributed by atoms with Gasteiger partial charge in [-0.2, -0.15) is 5.10 Å². The topological polar surface area (TPSA) is 101 Å². The maximum atomic E-state index is 13.9. The number of ketones is 1. The standard InChI is InChI=1S/C34H35FN4O3S/c1-32-16-19-18-37-39(22-8-6-21(35)7-9-22)26(19)14-20(32)5-10-23-24-11-12-34(42,33(24,2)17-27(40)30(23)32)28(41)15-29-38-25-4-3-13-36-31(25)43-29/h3-4,6-9,13-14,18,23-24,27,30,40,42H,5,10-12,15-17H2,1-2H3/t23?,24?,27-,30?,32?,33?,34-/m0/s1. The van der Waals surface area contributed by atoms with Crippen molar-refractivity contribution in [3.63, 3.8) is 0 Å². The molecule has 2 N–H and O–H groups in total. The summed E-state index contributed by atoms with van der Waals surface area (Å²) >= 11 is 1.40. The van der Waals surface area contributed by atoms with Crippen LogP contribution in [0, 0.1) is 34.4 Å². The van der Waals surface area contributed by atoms with Crippen LogP contribution in [0.1, 0.15) is 62.2 Å². The van der Waals surface area contributed by atoms with Crippen molar-refractivity contribution < 1.29 is 19.4 Å². The van der Waals surface area contributed by atoms with E-state index in [4.69, 9.17) is 0 Å². The molecule has 3 saturated carbocycles. The number of aliphatic hydroxyl groups excluding tert-OH is 1. The lowest BCUT2D eigenvalue weighted by Gasteiger charge is -2.60. The second kappa shape index (κ2) is 9.36. The van der Waals surface area contributed by atoms with Gasteiger partial charge in [-0.1, -0.05) is 30.8 Å². The van der Waals surface area contributed by atoms with E-state index < -0.39 is 17.1 Å². The van der Waals surface area contributed by atoms with E-state index in [1.165, 1.54) is 29.0 Å². The summed E-state index contributed by atoms with van der Waals surface area (Å²) in [4.78, 5) is 23.6. The van der Waals surface area contributed by atoms with Crippen LogP contribution in [0.25, 0.3) is 22.1 Å². The van der Waals surface area contributed by atoms with Gasteiger partial charge in [-0.15, -0.1) is 0 Å². The molecule has 4 aromatic rings. The van der Waals surface area contributed by atoms with Gasteiger partial charge in [0.15, 0.2) is 5.78 Å². The van der Waals surface area contributed by atoms with Crippen LogP contribution >= 0.6 is 11.3 Å². The van der Waals surface area contributed by atoms with E-state index >= 15 is 0 Å². The third kappa shape index (κ3) is 3.83. The fourth-order valence-electron chi connectivity index (χ4n) is 9.61. The molecule has 0 amide bonds. The van der Waals surface area contributed by atoms with Crippen LogP contribution in [0.4, 0.5) is 4.39 Å². The number of hydrogen-bond acceptors (Lipinski definition) is 7. The number of aromatic nitrogens is 4. The average Bonchev–Trinajstić information content (AvgIpc) is 3.65. The molecule has 222 valence electrons. The van der Waals surface area contributed by atoms with Gasteiger partial charge in [0.05, 0.1) is 30.1 Å². The summed E-state index contributed by atoms with van der Waals surface area (Å²) in [6.45, 7) is 4.33. The lowest BCUT2D eigenvalue weighted by molar-refractivity contribution is -0.179. The van der Waals surface area contributed by atoms with Crippen molar-refractivity contribution in [2.75, 3.05) is 0 Å². The lowest BCUT2D eigenvalue weighted by Crippen LogP contribution is -2.62. The summed E-state index contributed by atoms with van der Waals surface area (Å²) < 4.78 is 15.5. The van der Waals surface area contributed by atoms with Gasteiger partial charge in [-0.25, -0.2) is 19.0 Å². The second-order valence-corrected chi connectivity index (χ2v) is 14.7. The number of halogens is 1. The average molecular weight is 599 g/mol. The molecule has 7 atom stereocenters. The number of Topliss-reactive ketones (excluding diaryl/α,β-unsaturated/α-hetero) is 1. The highest BCUT2D eigenvalue weighted by Crippen LogP contribution is 2.67. The minimum Gasteiger partial charge on any atom is -0.393 e. The normalized spacial score (nSPS) is 34.7. The van der Waals surface area contributed by atoms with Gasteiger partial charge < -0.3 is 10.2 Å². The molecule has 7 nitrogen and oxygen atoms in total. The first-order valence-corrected chi connectivity index (χ1v) is 16.1. The number of nitrogens with zero attached hydrogens (tertiary/aromatic N) is 4. The number of carbonyl (C=O) groups excluding carboxylic acids is 1. The molecule has 0 saturated heterocycles. The summed E-state index contributed by atoms with van der Waals surface area (Å²) in [6, 6.07) is 10.1. The summed E-state index contributed by atoms with van der Waals surface area (Å²) in [5, 5.41) is 29.5. The number of aliphatic hydroxyl groups is 2. The van der Waals surface area contributed by atoms with E-state index in [0.717, 1.165) is 53.0 Å². The van der Waals surface area contributed by atoms with Crippen LogP contribution in [0.15, 0.2) is 54.4 Å². The van der Waals surface area contributed by atoms with Crippen molar-refractivity contribution in [3.8, 4) is 5.69 Å². The molecule has 0 bridgehead atoms. The first kappa shape index (κ1) is 27.3. The van der Waals surface area contributed by atoms with Crippen molar-refractivity contribution >= 4 is 33.5 Å². The minimum absolute atomic E-state index is 0.0284. The van der Waals surface area contributed by atoms with E-state index in [0.29, 0.717) is 17.8 Å². The number of pyridine rings is 1. The predicted octanol–water partition coefficient (Wildman–Crippen LogP) is 5.71. The Morgan fingerprint density at radius 2 is 2.00 bits per heavy atom. The molecule has 8 rings (SSSR count). The number of rotatable bonds is 4. The fourth-order valence-corrected chi connectivity index (χ4v) is 10.5. The molecule has 3 fully saturated rings. The zero-order valence-electron chi connectivity index (χ0n) is 24.3. The van der Waals surface area contributed by atoms with Gasteiger partial charge in [0.2, 0.25) is 0 Å². The van der Waals surface area contributed by atoms with Crippen molar-refractivity contribution in [2.24, 2.45) is 28.6 Å². The highest BCUT2D eigenvalue weighted by atomic mass is 32.1. The third-order valence-electron chi connectivity index (χ3n) is 11.6. The zero-order valence-corrected chi connectivity index (χ0v) is 25.1. The van der Waals surface area contributed by atoms with Crippen LogP contribution in [0.3, 0.4) is 0 Å². The first-order chi connectivity index (χ1) is 20.6. The molecule has 4 aliphatic rings. The van der Waals surface area contributed by atoms with Crippen LogP contribution in [0.5, 0.6) is 0 Å². The first-order valence-electron chi connectivity index (χ1n) is 15.3. The molecule has 1 aromatic carbocycles. The van der Waals surface area contributed by atoms with Crippen LogP contribution in [0.2, 0.25) is 0 Å². The van der Waals surface area contributed by atoms with Gasteiger partial charge >= 0.3 is 0 Å². The summed E-state index contributed by atoms with van der Waals surface area (Å²) in [7, 11) is 0. The molecular weight excluding hydrogens is 563 g/mol. The SMILES string of the molecule is CC12Cc3cnn(-c4ccc(F)cc4)c3C=C1CCC1C2[C@@H](O)CC2(C)C1CC[C@]2(O)C(=O)Cc1nc2cccnc2s1.